The smallest absolute Gasteiger partial charge is 0.138 e. The normalized spacial score (nSPS) is 14.2. The van der Waals surface area contributed by atoms with Crippen LogP contribution in [0.3, 0.4) is 0 Å². The van der Waals surface area contributed by atoms with Crippen LogP contribution in [-0.2, 0) is 13.2 Å². The second-order valence-electron chi connectivity index (χ2n) is 4.94. The highest BCUT2D eigenvalue weighted by Gasteiger charge is 2.19. The van der Waals surface area contributed by atoms with Crippen molar-refractivity contribution in [3.63, 3.8) is 0 Å². The first-order valence-electron chi connectivity index (χ1n) is 6.70. The van der Waals surface area contributed by atoms with Gasteiger partial charge in [-0.1, -0.05) is 0 Å². The van der Waals surface area contributed by atoms with Crippen LogP contribution in [0.1, 0.15) is 24.1 Å². The molecule has 5 heteroatoms. The minimum absolute atomic E-state index is 0.494. The predicted octanol–water partition coefficient (Wildman–Crippen LogP) is 3.07. The van der Waals surface area contributed by atoms with Crippen LogP contribution in [0.15, 0.2) is 41.3 Å². The molecule has 4 nitrogen and oxygen atoms in total. The molecule has 2 aromatic rings. The lowest BCUT2D eigenvalue weighted by Crippen LogP contribution is -2.16. The molecule has 0 unspecified atom stereocenters. The van der Waals surface area contributed by atoms with Crippen LogP contribution >= 0.6 is 15.9 Å². The Balaban J connectivity index is 1.52. The Hall–Kier alpha value is -1.46. The minimum Gasteiger partial charge on any atom is -0.487 e. The standard InChI is InChI=1S/C15H16BrN3O/c16-12-5-11(6-17-7-12)10-20-15-4-3-14(19-9-15)8-18-13-1-2-13/h3-7,9,13,18H,1-2,8,10H2. The Morgan fingerprint density at radius 3 is 2.85 bits per heavy atom. The number of rotatable bonds is 6. The highest BCUT2D eigenvalue weighted by Crippen LogP contribution is 2.19. The molecule has 3 rings (SSSR count). The maximum absolute atomic E-state index is 5.70. The number of aromatic nitrogens is 2. The molecular weight excluding hydrogens is 318 g/mol. The maximum atomic E-state index is 5.70. The topological polar surface area (TPSA) is 47.0 Å². The van der Waals surface area contributed by atoms with E-state index in [4.69, 9.17) is 4.74 Å². The summed E-state index contributed by atoms with van der Waals surface area (Å²) in [4.78, 5) is 8.50. The molecule has 1 aliphatic rings. The average molecular weight is 334 g/mol. The van der Waals surface area contributed by atoms with Crippen molar-refractivity contribution in [3.05, 3.63) is 52.5 Å². The van der Waals surface area contributed by atoms with Crippen molar-refractivity contribution in [1.82, 2.24) is 15.3 Å². The van der Waals surface area contributed by atoms with Crippen LogP contribution in [0.25, 0.3) is 0 Å². The third-order valence-electron chi connectivity index (χ3n) is 3.11. The summed E-state index contributed by atoms with van der Waals surface area (Å²) in [5.41, 5.74) is 2.08. The van der Waals surface area contributed by atoms with Crippen LogP contribution in [0.5, 0.6) is 5.75 Å². The summed E-state index contributed by atoms with van der Waals surface area (Å²) in [6, 6.07) is 6.66. The van der Waals surface area contributed by atoms with E-state index < -0.39 is 0 Å². The predicted molar refractivity (Wildman–Crippen MR) is 80.4 cm³/mol. The number of halogens is 1. The largest absolute Gasteiger partial charge is 0.487 e. The lowest BCUT2D eigenvalue weighted by Gasteiger charge is -2.07. The van der Waals surface area contributed by atoms with Crippen molar-refractivity contribution >= 4 is 15.9 Å². The van der Waals surface area contributed by atoms with E-state index in [-0.39, 0.29) is 0 Å². The molecule has 0 saturated heterocycles. The first-order chi connectivity index (χ1) is 9.79. The van der Waals surface area contributed by atoms with Crippen molar-refractivity contribution in [2.75, 3.05) is 0 Å². The Labute approximate surface area is 126 Å². The molecule has 1 fully saturated rings. The molecule has 1 N–H and O–H groups in total. The molecule has 1 aliphatic carbocycles. The molecule has 2 aromatic heterocycles. The zero-order valence-electron chi connectivity index (χ0n) is 11.1. The monoisotopic (exact) mass is 333 g/mol. The number of hydrogen-bond donors (Lipinski definition) is 1. The SMILES string of the molecule is Brc1cncc(COc2ccc(CNC3CC3)nc2)c1. The lowest BCUT2D eigenvalue weighted by atomic mass is 10.3. The first-order valence-corrected chi connectivity index (χ1v) is 7.49. The van der Waals surface area contributed by atoms with Gasteiger partial charge in [0, 0.05) is 35.0 Å². The molecule has 0 amide bonds. The van der Waals surface area contributed by atoms with Gasteiger partial charge in [0.25, 0.3) is 0 Å². The van der Waals surface area contributed by atoms with Gasteiger partial charge in [0.2, 0.25) is 0 Å². The number of ether oxygens (including phenoxy) is 1. The third-order valence-corrected chi connectivity index (χ3v) is 3.55. The average Bonchev–Trinajstić information content (AvgIpc) is 3.28. The zero-order chi connectivity index (χ0) is 13.8. The number of nitrogens with one attached hydrogen (secondary N) is 1. The fourth-order valence-electron chi connectivity index (χ4n) is 1.84. The van der Waals surface area contributed by atoms with E-state index in [1.807, 2.05) is 18.2 Å². The van der Waals surface area contributed by atoms with E-state index in [1.54, 1.807) is 18.6 Å². The number of hydrogen-bond acceptors (Lipinski definition) is 4. The van der Waals surface area contributed by atoms with Crippen molar-refractivity contribution in [2.24, 2.45) is 0 Å². The summed E-state index contributed by atoms with van der Waals surface area (Å²) in [7, 11) is 0. The summed E-state index contributed by atoms with van der Waals surface area (Å²) < 4.78 is 6.65. The molecule has 2 heterocycles. The van der Waals surface area contributed by atoms with Crippen molar-refractivity contribution in [2.45, 2.75) is 32.0 Å². The molecule has 1 saturated carbocycles. The third kappa shape index (κ3) is 4.02. The summed E-state index contributed by atoms with van der Waals surface area (Å²) in [5, 5.41) is 3.44. The van der Waals surface area contributed by atoms with Crippen molar-refractivity contribution in [3.8, 4) is 5.75 Å². The molecular formula is C15H16BrN3O. The van der Waals surface area contributed by atoms with Gasteiger partial charge >= 0.3 is 0 Å². The minimum atomic E-state index is 0.494. The van der Waals surface area contributed by atoms with Crippen LogP contribution in [0, 0.1) is 0 Å². The Morgan fingerprint density at radius 1 is 1.25 bits per heavy atom. The molecule has 0 aliphatic heterocycles. The van der Waals surface area contributed by atoms with Crippen LogP contribution in [-0.4, -0.2) is 16.0 Å². The van der Waals surface area contributed by atoms with Gasteiger partial charge in [-0.25, -0.2) is 0 Å². The molecule has 0 bridgehead atoms. The summed E-state index contributed by atoms with van der Waals surface area (Å²) in [6.45, 7) is 1.33. The van der Waals surface area contributed by atoms with E-state index in [2.05, 4.69) is 31.2 Å². The van der Waals surface area contributed by atoms with Crippen LogP contribution < -0.4 is 10.1 Å². The van der Waals surface area contributed by atoms with E-state index in [1.165, 1.54) is 12.8 Å². The molecule has 0 aromatic carbocycles. The molecule has 0 radical (unpaired) electrons. The summed E-state index contributed by atoms with van der Waals surface area (Å²) >= 11 is 3.39. The van der Waals surface area contributed by atoms with E-state index in [9.17, 15) is 0 Å². The highest BCUT2D eigenvalue weighted by molar-refractivity contribution is 9.10. The maximum Gasteiger partial charge on any atom is 0.138 e. The van der Waals surface area contributed by atoms with Gasteiger partial charge in [-0.05, 0) is 47.0 Å². The van der Waals surface area contributed by atoms with Crippen molar-refractivity contribution in [1.29, 1.82) is 0 Å². The molecule has 0 spiro atoms. The van der Waals surface area contributed by atoms with E-state index >= 15 is 0 Å². The molecule has 104 valence electrons. The first kappa shape index (κ1) is 13.5. The lowest BCUT2D eigenvalue weighted by molar-refractivity contribution is 0.304. The van der Waals surface area contributed by atoms with Gasteiger partial charge in [-0.2, -0.15) is 0 Å². The fraction of sp³-hybridized carbons (Fsp3) is 0.333. The Kier molecular flexibility index (Phi) is 4.28. The van der Waals surface area contributed by atoms with Gasteiger partial charge in [0.05, 0.1) is 11.9 Å². The van der Waals surface area contributed by atoms with Gasteiger partial charge < -0.3 is 10.1 Å². The Bertz CT molecular complexity index is 570. The quantitative estimate of drug-likeness (QED) is 0.882. The Morgan fingerprint density at radius 2 is 2.15 bits per heavy atom. The van der Waals surface area contributed by atoms with Crippen LogP contribution in [0.4, 0.5) is 0 Å². The zero-order valence-corrected chi connectivity index (χ0v) is 12.6. The van der Waals surface area contributed by atoms with E-state index in [0.717, 1.165) is 28.0 Å². The summed E-state index contributed by atoms with van der Waals surface area (Å²) in [5.74, 6) is 0.778. The number of nitrogens with zero attached hydrogens (tertiary/aromatic N) is 2. The van der Waals surface area contributed by atoms with Gasteiger partial charge in [-0.3, -0.25) is 9.97 Å². The van der Waals surface area contributed by atoms with Gasteiger partial charge in [0.1, 0.15) is 12.4 Å². The fourth-order valence-corrected chi connectivity index (χ4v) is 2.25. The second kappa shape index (κ2) is 6.33. The van der Waals surface area contributed by atoms with Gasteiger partial charge in [-0.15, -0.1) is 0 Å². The molecule has 20 heavy (non-hydrogen) atoms. The molecule has 0 atom stereocenters. The highest BCUT2D eigenvalue weighted by atomic mass is 79.9. The summed E-state index contributed by atoms with van der Waals surface area (Å²) in [6.07, 6.45) is 7.91. The van der Waals surface area contributed by atoms with Gasteiger partial charge in [0.15, 0.2) is 0 Å². The van der Waals surface area contributed by atoms with E-state index in [0.29, 0.717) is 12.6 Å². The van der Waals surface area contributed by atoms with Crippen LogP contribution in [0.2, 0.25) is 0 Å². The number of pyridine rings is 2. The second-order valence-corrected chi connectivity index (χ2v) is 5.86. The van der Waals surface area contributed by atoms with Crippen molar-refractivity contribution < 1.29 is 4.74 Å².